The minimum atomic E-state index is -0.968. The molecule has 0 aliphatic rings. The highest BCUT2D eigenvalue weighted by molar-refractivity contribution is 6.21. The van der Waals surface area contributed by atoms with Crippen LogP contribution in [0.5, 0.6) is 0 Å². The van der Waals surface area contributed by atoms with Gasteiger partial charge in [-0.25, -0.2) is 9.59 Å². The fourth-order valence-corrected chi connectivity index (χ4v) is 2.40. The molecule has 0 spiro atoms. The molecule has 0 aliphatic heterocycles. The first-order valence-electron chi connectivity index (χ1n) is 11.3. The van der Waals surface area contributed by atoms with Gasteiger partial charge in [0.25, 0.3) is 0 Å². The second kappa shape index (κ2) is 19.4. The van der Waals surface area contributed by atoms with E-state index in [-0.39, 0.29) is 65.5 Å². The predicted molar refractivity (Wildman–Crippen MR) is 137 cm³/mol. The van der Waals surface area contributed by atoms with Gasteiger partial charge >= 0.3 is 12.1 Å². The highest BCUT2D eigenvalue weighted by Crippen LogP contribution is 2.21. The maximum absolute atomic E-state index is 12.4. The van der Waals surface area contributed by atoms with Crippen LogP contribution in [-0.4, -0.2) is 77.4 Å². The van der Waals surface area contributed by atoms with Crippen molar-refractivity contribution in [3.8, 4) is 0 Å². The second-order valence-corrected chi connectivity index (χ2v) is 8.99. The summed E-state index contributed by atoms with van der Waals surface area (Å²) in [5, 5.41) is 1.84. The Morgan fingerprint density at radius 1 is 0.730 bits per heavy atom. The van der Waals surface area contributed by atoms with Crippen molar-refractivity contribution in [2.75, 3.05) is 60.0 Å². The summed E-state index contributed by atoms with van der Waals surface area (Å²) < 4.78 is 43.0. The average molecular weight is 550 g/mol. The van der Waals surface area contributed by atoms with Crippen LogP contribution in [0.3, 0.4) is 0 Å². The molecule has 37 heavy (non-hydrogen) atoms. The molecule has 1 unspecified atom stereocenters. The Morgan fingerprint density at radius 3 is 1.54 bits per heavy atom. The van der Waals surface area contributed by atoms with Crippen molar-refractivity contribution in [1.29, 1.82) is 0 Å². The summed E-state index contributed by atoms with van der Waals surface area (Å²) in [5.41, 5.74) is -0.723. The van der Waals surface area contributed by atoms with Gasteiger partial charge in [-0.1, -0.05) is 26.3 Å². The Bertz CT molecular complexity index is 716. The van der Waals surface area contributed by atoms with E-state index in [1.807, 2.05) is 0 Å². The lowest BCUT2D eigenvalue weighted by atomic mass is 9.92. The number of alkyl carbamates (subject to hydrolysis) is 1. The molecule has 0 aliphatic carbocycles. The number of carbonyl (C=O) groups excluding carboxylic acids is 2. The van der Waals surface area contributed by atoms with Crippen LogP contribution in [0.25, 0.3) is 0 Å². The van der Waals surface area contributed by atoms with Crippen LogP contribution in [0.2, 0.25) is 0 Å². The molecular formula is C25H40ClNO10. The average Bonchev–Trinajstić information content (AvgIpc) is 2.82. The zero-order chi connectivity index (χ0) is 28.3. The number of halogens is 1. The first-order valence-corrected chi connectivity index (χ1v) is 11.8. The van der Waals surface area contributed by atoms with E-state index in [4.69, 9.17) is 49.5 Å². The van der Waals surface area contributed by atoms with Crippen LogP contribution in [-0.2, 0) is 42.7 Å². The molecule has 0 saturated heterocycles. The van der Waals surface area contributed by atoms with Crippen LogP contribution < -0.4 is 5.32 Å². The number of rotatable bonds is 22. The fourth-order valence-electron chi connectivity index (χ4n) is 2.26. The summed E-state index contributed by atoms with van der Waals surface area (Å²) >= 11 is 6.09. The molecule has 1 N–H and O–H groups in total. The lowest BCUT2D eigenvalue weighted by molar-refractivity contribution is -0.153. The quantitative estimate of drug-likeness (QED) is 0.0529. The number of alkyl halides is 1. The summed E-state index contributed by atoms with van der Waals surface area (Å²) in [5.74, 6) is 0.855. The third-order valence-electron chi connectivity index (χ3n) is 4.11. The van der Waals surface area contributed by atoms with Crippen molar-refractivity contribution >= 4 is 23.7 Å². The predicted octanol–water partition coefficient (Wildman–Crippen LogP) is 4.00. The zero-order valence-corrected chi connectivity index (χ0v) is 23.0. The number of hydrogen-bond donors (Lipinski definition) is 1. The monoisotopic (exact) mass is 549 g/mol. The summed E-state index contributed by atoms with van der Waals surface area (Å²) in [7, 11) is 0. The van der Waals surface area contributed by atoms with Gasteiger partial charge in [0.2, 0.25) is 0 Å². The normalized spacial score (nSPS) is 11.6. The minimum absolute atomic E-state index is 0.00822. The van der Waals surface area contributed by atoms with Gasteiger partial charge in [0.05, 0.1) is 47.9 Å². The second-order valence-electron chi connectivity index (χ2n) is 8.37. The third kappa shape index (κ3) is 19.1. The fraction of sp³-hybridized carbons (Fsp3) is 0.600. The Kier molecular flexibility index (Phi) is 18.0. The van der Waals surface area contributed by atoms with Crippen molar-refractivity contribution in [2.24, 2.45) is 5.41 Å². The molecule has 11 nitrogen and oxygen atoms in total. The van der Waals surface area contributed by atoms with Crippen molar-refractivity contribution in [3.63, 3.8) is 0 Å². The molecular weight excluding hydrogens is 510 g/mol. The van der Waals surface area contributed by atoms with E-state index in [0.29, 0.717) is 17.3 Å². The first-order chi connectivity index (χ1) is 17.4. The molecule has 1 amide bonds. The minimum Gasteiger partial charge on any atom is -0.473 e. The lowest BCUT2D eigenvalue weighted by Gasteiger charge is -2.32. The van der Waals surface area contributed by atoms with Crippen molar-refractivity contribution in [2.45, 2.75) is 33.1 Å². The number of amides is 1. The van der Waals surface area contributed by atoms with Gasteiger partial charge in [-0.15, -0.1) is 11.6 Å². The molecule has 0 heterocycles. The Labute approximate surface area is 224 Å². The number of hydrogen-bond acceptors (Lipinski definition) is 10. The molecule has 0 radical (unpaired) electrons. The largest absolute Gasteiger partial charge is 0.473 e. The van der Waals surface area contributed by atoms with E-state index in [9.17, 15) is 9.59 Å². The topological polar surface area (TPSA) is 120 Å². The number of esters is 1. The van der Waals surface area contributed by atoms with Crippen LogP contribution in [0.15, 0.2) is 49.2 Å². The van der Waals surface area contributed by atoms with Crippen molar-refractivity contribution in [3.05, 3.63) is 49.2 Å². The Balaban J connectivity index is 5.12. The van der Waals surface area contributed by atoms with Gasteiger partial charge in [0.15, 0.2) is 20.4 Å². The SMILES string of the molecule is C=C(C)OCOCC(COCOC(=C)C)(COCOC(=C)C)COC(=O)NCC(Cl)COC(=O)C(=C)C. The summed E-state index contributed by atoms with van der Waals surface area (Å²) in [6.45, 7) is 20.6. The molecule has 0 aromatic carbocycles. The number of allylic oxidation sites excluding steroid dienone is 3. The summed E-state index contributed by atoms with van der Waals surface area (Å²) in [6.07, 6.45) is -0.754. The van der Waals surface area contributed by atoms with E-state index >= 15 is 0 Å². The van der Waals surface area contributed by atoms with Crippen molar-refractivity contribution in [1.82, 2.24) is 5.32 Å². The van der Waals surface area contributed by atoms with Gasteiger partial charge < -0.3 is 43.2 Å². The Hall–Kier alpha value is -2.73. The lowest BCUT2D eigenvalue weighted by Crippen LogP contribution is -2.44. The maximum Gasteiger partial charge on any atom is 0.407 e. The Morgan fingerprint density at radius 2 is 1.16 bits per heavy atom. The summed E-state index contributed by atoms with van der Waals surface area (Å²) in [4.78, 5) is 23.8. The molecule has 0 aromatic rings. The van der Waals surface area contributed by atoms with E-state index in [1.54, 1.807) is 20.8 Å². The molecule has 0 bridgehead atoms. The molecule has 12 heteroatoms. The number of nitrogens with one attached hydrogen (secondary N) is 1. The van der Waals surface area contributed by atoms with E-state index in [0.717, 1.165) is 0 Å². The summed E-state index contributed by atoms with van der Waals surface area (Å²) in [6, 6.07) is 0. The molecule has 0 fully saturated rings. The van der Waals surface area contributed by atoms with Gasteiger partial charge in [-0.2, -0.15) is 0 Å². The molecule has 212 valence electrons. The maximum atomic E-state index is 12.4. The van der Waals surface area contributed by atoms with E-state index < -0.39 is 22.9 Å². The molecule has 1 atom stereocenters. The van der Waals surface area contributed by atoms with Gasteiger partial charge in [0, 0.05) is 12.1 Å². The highest BCUT2D eigenvalue weighted by atomic mass is 35.5. The van der Waals surface area contributed by atoms with Gasteiger partial charge in [-0.3, -0.25) is 0 Å². The number of carbonyl (C=O) groups is 2. The highest BCUT2D eigenvalue weighted by Gasteiger charge is 2.34. The van der Waals surface area contributed by atoms with Gasteiger partial charge in [-0.05, 0) is 27.7 Å². The van der Waals surface area contributed by atoms with E-state index in [1.165, 1.54) is 6.92 Å². The van der Waals surface area contributed by atoms with Crippen LogP contribution in [0.1, 0.15) is 27.7 Å². The molecule has 0 saturated carbocycles. The van der Waals surface area contributed by atoms with Crippen molar-refractivity contribution < 1.29 is 47.5 Å². The van der Waals surface area contributed by atoms with Crippen LogP contribution >= 0.6 is 11.6 Å². The molecule has 0 rings (SSSR count). The third-order valence-corrected chi connectivity index (χ3v) is 4.39. The zero-order valence-electron chi connectivity index (χ0n) is 22.2. The standard InChI is InChI=1S/C25H40ClNO10/c1-18(2)23(28)33-10-22(26)9-27-24(29)34-14-25(11-30-15-35-19(3)4,12-31-16-36-20(5)6)13-32-17-37-21(7)8/h22H,1,3,5,7,9-17H2,2,4,6,8H3,(H,27,29). The molecule has 0 aromatic heterocycles. The van der Waals surface area contributed by atoms with Crippen LogP contribution in [0.4, 0.5) is 4.79 Å². The van der Waals surface area contributed by atoms with E-state index in [2.05, 4.69) is 31.6 Å². The number of ether oxygens (including phenoxy) is 8. The van der Waals surface area contributed by atoms with Gasteiger partial charge in [0.1, 0.15) is 13.2 Å². The van der Waals surface area contributed by atoms with Crippen LogP contribution in [0, 0.1) is 5.41 Å². The first kappa shape index (κ1) is 34.3. The smallest absolute Gasteiger partial charge is 0.407 e.